The normalized spacial score (nSPS) is 12.6. The van der Waals surface area contributed by atoms with Crippen molar-refractivity contribution in [1.82, 2.24) is 9.97 Å². The number of fused-ring (bicyclic) bond motifs is 5. The molecule has 34 heavy (non-hydrogen) atoms. The van der Waals surface area contributed by atoms with E-state index in [0.717, 1.165) is 17.6 Å². The van der Waals surface area contributed by atoms with Crippen LogP contribution in [-0.2, 0) is 11.8 Å². The minimum Gasteiger partial charge on any atom is -0.235 e. The fourth-order valence-electron chi connectivity index (χ4n) is 5.02. The first-order valence-electron chi connectivity index (χ1n) is 11.9. The molecule has 6 rings (SSSR count). The molecule has 170 valence electrons. The van der Waals surface area contributed by atoms with Crippen LogP contribution in [0, 0.1) is 5.92 Å². The van der Waals surface area contributed by atoms with Gasteiger partial charge in [0.05, 0.1) is 15.9 Å². The number of aromatic nitrogens is 2. The topological polar surface area (TPSA) is 25.8 Å². The van der Waals surface area contributed by atoms with E-state index in [4.69, 9.17) is 9.97 Å². The summed E-state index contributed by atoms with van der Waals surface area (Å²) < 4.78 is 3.83. The van der Waals surface area contributed by atoms with Gasteiger partial charge in [-0.05, 0) is 74.7 Å². The molecule has 3 heterocycles. The number of nitrogens with zero attached hydrogens (tertiary/aromatic N) is 2. The van der Waals surface area contributed by atoms with Gasteiger partial charge in [-0.1, -0.05) is 58.9 Å². The molecule has 0 unspecified atom stereocenters. The summed E-state index contributed by atoms with van der Waals surface area (Å²) >= 11 is 3.68. The van der Waals surface area contributed by atoms with Crippen molar-refractivity contribution in [3.63, 3.8) is 0 Å². The molecule has 0 saturated heterocycles. The van der Waals surface area contributed by atoms with Crippen molar-refractivity contribution in [3.8, 4) is 11.3 Å². The first-order chi connectivity index (χ1) is 16.3. The average molecular weight is 481 g/mol. The van der Waals surface area contributed by atoms with Crippen LogP contribution in [0.1, 0.15) is 45.7 Å². The van der Waals surface area contributed by atoms with Gasteiger partial charge in [0.2, 0.25) is 0 Å². The summed E-state index contributed by atoms with van der Waals surface area (Å²) in [6, 6.07) is 18.0. The molecule has 6 aromatic rings. The number of rotatable bonds is 3. The Morgan fingerprint density at radius 3 is 2.50 bits per heavy atom. The smallest absolute Gasteiger partial charge is 0.116 e. The number of hydrogen-bond donors (Lipinski definition) is 0. The van der Waals surface area contributed by atoms with Crippen LogP contribution < -0.4 is 0 Å². The molecule has 0 aliphatic rings. The molecule has 0 N–H and O–H groups in total. The van der Waals surface area contributed by atoms with Crippen molar-refractivity contribution in [2.45, 2.75) is 46.5 Å². The quantitative estimate of drug-likeness (QED) is 0.252. The molecule has 2 nitrogen and oxygen atoms in total. The largest absolute Gasteiger partial charge is 0.235 e. The number of hydrogen-bond acceptors (Lipinski definition) is 4. The third-order valence-electron chi connectivity index (χ3n) is 6.60. The molecular formula is C30H28N2S2. The maximum absolute atomic E-state index is 4.82. The lowest BCUT2D eigenvalue weighted by Crippen LogP contribution is -2.12. The van der Waals surface area contributed by atoms with E-state index in [1.54, 1.807) is 6.33 Å². The summed E-state index contributed by atoms with van der Waals surface area (Å²) in [6.45, 7) is 11.4. The van der Waals surface area contributed by atoms with Crippen LogP contribution >= 0.6 is 22.7 Å². The lowest BCUT2D eigenvalue weighted by Gasteiger charge is -2.22. The second-order valence-corrected chi connectivity index (χ2v) is 12.7. The third-order valence-corrected chi connectivity index (χ3v) is 8.74. The van der Waals surface area contributed by atoms with Crippen molar-refractivity contribution >= 4 is 63.8 Å². The predicted molar refractivity (Wildman–Crippen MR) is 150 cm³/mol. The highest BCUT2D eigenvalue weighted by Gasteiger charge is 2.21. The van der Waals surface area contributed by atoms with Crippen molar-refractivity contribution in [2.24, 2.45) is 5.92 Å². The van der Waals surface area contributed by atoms with E-state index in [2.05, 4.69) is 88.5 Å². The minimum atomic E-state index is 0.0408. The first kappa shape index (κ1) is 21.7. The molecular weight excluding hydrogens is 452 g/mol. The maximum atomic E-state index is 4.82. The van der Waals surface area contributed by atoms with E-state index >= 15 is 0 Å². The second-order valence-electron chi connectivity index (χ2n) is 10.7. The third kappa shape index (κ3) is 3.52. The minimum absolute atomic E-state index is 0.0408. The Kier molecular flexibility index (Phi) is 5.02. The lowest BCUT2D eigenvalue weighted by atomic mass is 9.82. The average Bonchev–Trinajstić information content (AvgIpc) is 3.36. The van der Waals surface area contributed by atoms with Crippen LogP contribution in [0.3, 0.4) is 0 Å². The van der Waals surface area contributed by atoms with E-state index in [0.29, 0.717) is 5.92 Å². The zero-order chi connectivity index (χ0) is 23.6. The summed E-state index contributed by atoms with van der Waals surface area (Å²) in [4.78, 5) is 9.59. The van der Waals surface area contributed by atoms with Gasteiger partial charge in [-0.3, -0.25) is 0 Å². The summed E-state index contributed by atoms with van der Waals surface area (Å²) in [5.41, 5.74) is 6.12. The SMILES string of the molecule is CC(C)Cc1csc2cc3sc4c(-c5cc(C(C)(C)C)c6ccccc6c5)ncnc4c3cc12. The molecule has 0 aliphatic carbocycles. The van der Waals surface area contributed by atoms with Gasteiger partial charge in [-0.15, -0.1) is 22.7 Å². The Bertz CT molecular complexity index is 1700. The summed E-state index contributed by atoms with van der Waals surface area (Å²) in [7, 11) is 0. The summed E-state index contributed by atoms with van der Waals surface area (Å²) in [5.74, 6) is 0.645. The van der Waals surface area contributed by atoms with Gasteiger partial charge in [0.1, 0.15) is 6.33 Å². The van der Waals surface area contributed by atoms with Gasteiger partial charge in [-0.25, -0.2) is 9.97 Å². The van der Waals surface area contributed by atoms with E-state index in [9.17, 15) is 0 Å². The Hall–Kier alpha value is -2.82. The molecule has 0 fully saturated rings. The molecule has 3 aromatic carbocycles. The van der Waals surface area contributed by atoms with E-state index in [1.807, 2.05) is 22.7 Å². The van der Waals surface area contributed by atoms with Crippen LogP contribution in [0.4, 0.5) is 0 Å². The Labute approximate surface area is 208 Å². The summed E-state index contributed by atoms with van der Waals surface area (Å²) in [6.07, 6.45) is 2.85. The molecule has 3 aromatic heterocycles. The van der Waals surface area contributed by atoms with Crippen LogP contribution in [0.15, 0.2) is 60.2 Å². The van der Waals surface area contributed by atoms with E-state index < -0.39 is 0 Å². The standard InChI is InChI=1S/C30H28N2S2/c1-17(2)10-20-15-33-25-14-26-23(13-22(20)25)28-29(34-26)27(31-16-32-28)19-11-18-8-6-7-9-21(18)24(12-19)30(3,4)5/h6-9,11-17H,10H2,1-5H3. The van der Waals surface area contributed by atoms with Gasteiger partial charge >= 0.3 is 0 Å². The monoisotopic (exact) mass is 480 g/mol. The van der Waals surface area contributed by atoms with Gasteiger partial charge in [0.25, 0.3) is 0 Å². The van der Waals surface area contributed by atoms with Gasteiger partial charge < -0.3 is 0 Å². The van der Waals surface area contributed by atoms with Crippen LogP contribution in [-0.4, -0.2) is 9.97 Å². The Morgan fingerprint density at radius 2 is 1.71 bits per heavy atom. The molecule has 4 heteroatoms. The molecule has 0 bridgehead atoms. The highest BCUT2D eigenvalue weighted by molar-refractivity contribution is 7.26. The number of thiophene rings is 2. The second kappa shape index (κ2) is 7.86. The Balaban J connectivity index is 1.61. The van der Waals surface area contributed by atoms with Crippen molar-refractivity contribution in [3.05, 3.63) is 71.4 Å². The fraction of sp³-hybridized carbons (Fsp3) is 0.267. The van der Waals surface area contributed by atoms with Gasteiger partial charge in [0.15, 0.2) is 0 Å². The van der Waals surface area contributed by atoms with Crippen LogP contribution in [0.5, 0.6) is 0 Å². The highest BCUT2D eigenvalue weighted by atomic mass is 32.1. The Morgan fingerprint density at radius 1 is 0.882 bits per heavy atom. The molecule has 0 saturated carbocycles. The molecule has 0 radical (unpaired) electrons. The number of benzene rings is 3. The van der Waals surface area contributed by atoms with E-state index in [-0.39, 0.29) is 5.41 Å². The van der Waals surface area contributed by atoms with Crippen molar-refractivity contribution in [1.29, 1.82) is 0 Å². The predicted octanol–water partition coefficient (Wildman–Crippen LogP) is 9.38. The van der Waals surface area contributed by atoms with E-state index in [1.165, 1.54) is 52.3 Å². The van der Waals surface area contributed by atoms with Gasteiger partial charge in [-0.2, -0.15) is 0 Å². The molecule has 0 atom stereocenters. The summed E-state index contributed by atoms with van der Waals surface area (Å²) in [5, 5.41) is 7.54. The van der Waals surface area contributed by atoms with Crippen LogP contribution in [0.25, 0.3) is 52.4 Å². The van der Waals surface area contributed by atoms with Crippen molar-refractivity contribution < 1.29 is 0 Å². The lowest BCUT2D eigenvalue weighted by molar-refractivity contribution is 0.596. The van der Waals surface area contributed by atoms with Crippen molar-refractivity contribution in [2.75, 3.05) is 0 Å². The highest BCUT2D eigenvalue weighted by Crippen LogP contribution is 2.43. The zero-order valence-corrected chi connectivity index (χ0v) is 21.9. The molecule has 0 amide bonds. The molecule has 0 spiro atoms. The van der Waals surface area contributed by atoms with Crippen LogP contribution in [0.2, 0.25) is 0 Å². The zero-order valence-electron chi connectivity index (χ0n) is 20.3. The fourth-order valence-corrected chi connectivity index (χ4v) is 7.28. The molecule has 0 aliphatic heterocycles. The maximum Gasteiger partial charge on any atom is 0.116 e. The first-order valence-corrected chi connectivity index (χ1v) is 13.6. The van der Waals surface area contributed by atoms with Gasteiger partial charge in [0, 0.05) is 20.3 Å².